The lowest BCUT2D eigenvalue weighted by Gasteiger charge is -2.07. The number of primary amides is 1. The van der Waals surface area contributed by atoms with Crippen LogP contribution in [0.25, 0.3) is 0 Å². The highest BCUT2D eigenvalue weighted by molar-refractivity contribution is 9.10. The van der Waals surface area contributed by atoms with Gasteiger partial charge in [0.2, 0.25) is 0 Å². The molecule has 0 fully saturated rings. The lowest BCUT2D eigenvalue weighted by Crippen LogP contribution is -2.14. The molecule has 1 rings (SSSR count). The monoisotopic (exact) mass is 265 g/mol. The number of hydrogen-bond donors (Lipinski definition) is 2. The van der Waals surface area contributed by atoms with Crippen molar-refractivity contribution < 1.29 is 13.6 Å². The van der Waals surface area contributed by atoms with Gasteiger partial charge in [-0.2, -0.15) is 0 Å². The summed E-state index contributed by atoms with van der Waals surface area (Å²) in [7, 11) is 0. The number of anilines is 1. The minimum absolute atomic E-state index is 0.154. The van der Waals surface area contributed by atoms with Gasteiger partial charge in [-0.1, -0.05) is 0 Å². The van der Waals surface area contributed by atoms with Gasteiger partial charge >= 0.3 is 0 Å². The Morgan fingerprint density at radius 2 is 2.14 bits per heavy atom. The van der Waals surface area contributed by atoms with Crippen LogP contribution in [0.2, 0.25) is 0 Å². The third kappa shape index (κ3) is 1.98. The van der Waals surface area contributed by atoms with Crippen molar-refractivity contribution in [2.24, 2.45) is 5.73 Å². The van der Waals surface area contributed by atoms with Crippen LogP contribution in [0.1, 0.15) is 22.5 Å². The number of nitrogens with two attached hydrogens (primary N) is 2. The normalized spacial score (nSPS) is 10.6. The number of rotatable bonds is 2. The minimum Gasteiger partial charge on any atom is -0.398 e. The van der Waals surface area contributed by atoms with Crippen molar-refractivity contribution in [3.05, 3.63) is 21.9 Å². The Morgan fingerprint density at radius 3 is 2.50 bits per heavy atom. The van der Waals surface area contributed by atoms with Gasteiger partial charge in [0, 0.05) is 5.69 Å². The van der Waals surface area contributed by atoms with Gasteiger partial charge in [0.05, 0.1) is 5.56 Å². The van der Waals surface area contributed by atoms with Gasteiger partial charge in [0.15, 0.2) is 0 Å². The van der Waals surface area contributed by atoms with E-state index in [1.165, 1.54) is 0 Å². The van der Waals surface area contributed by atoms with E-state index in [0.717, 1.165) is 6.07 Å². The van der Waals surface area contributed by atoms with E-state index >= 15 is 0 Å². The Morgan fingerprint density at radius 1 is 1.57 bits per heavy atom. The lowest BCUT2D eigenvalue weighted by molar-refractivity contribution is 0.0994. The summed E-state index contributed by atoms with van der Waals surface area (Å²) in [5, 5.41) is 0. The summed E-state index contributed by atoms with van der Waals surface area (Å²) in [6.07, 6.45) is -2.75. The van der Waals surface area contributed by atoms with E-state index in [9.17, 15) is 13.6 Å². The molecule has 14 heavy (non-hydrogen) atoms. The number of hydrogen-bond acceptors (Lipinski definition) is 3. The molecule has 1 amide bonds. The van der Waals surface area contributed by atoms with Crippen LogP contribution in [-0.2, 0) is 0 Å². The van der Waals surface area contributed by atoms with E-state index in [4.69, 9.17) is 11.5 Å². The Bertz CT molecular complexity index is 360. The van der Waals surface area contributed by atoms with Crippen LogP contribution >= 0.6 is 15.9 Å². The van der Waals surface area contributed by atoms with Crippen LogP contribution in [0.3, 0.4) is 0 Å². The van der Waals surface area contributed by atoms with E-state index in [1.807, 2.05) is 0 Å². The van der Waals surface area contributed by atoms with Gasteiger partial charge in [-0.25, -0.2) is 13.8 Å². The first kappa shape index (κ1) is 10.8. The number of halogens is 3. The molecule has 0 spiro atoms. The first-order valence-electron chi connectivity index (χ1n) is 3.47. The molecule has 0 unspecified atom stereocenters. The second kappa shape index (κ2) is 3.87. The van der Waals surface area contributed by atoms with Crippen LogP contribution in [0.4, 0.5) is 14.5 Å². The van der Waals surface area contributed by atoms with Crippen molar-refractivity contribution in [1.82, 2.24) is 4.98 Å². The van der Waals surface area contributed by atoms with Gasteiger partial charge in [0.25, 0.3) is 12.3 Å². The molecule has 1 heterocycles. The van der Waals surface area contributed by atoms with Crippen LogP contribution < -0.4 is 11.5 Å². The van der Waals surface area contributed by atoms with Crippen LogP contribution in [0.15, 0.2) is 10.7 Å². The largest absolute Gasteiger partial charge is 0.398 e. The first-order chi connectivity index (χ1) is 6.43. The van der Waals surface area contributed by atoms with Gasteiger partial charge in [-0.3, -0.25) is 4.79 Å². The molecule has 1 aromatic heterocycles. The second-order valence-corrected chi connectivity index (χ2v) is 3.22. The summed E-state index contributed by atoms with van der Waals surface area (Å²) in [5.74, 6) is -0.821. The Kier molecular flexibility index (Phi) is 3.00. The molecule has 4 N–H and O–H groups in total. The van der Waals surface area contributed by atoms with Gasteiger partial charge in [0.1, 0.15) is 10.3 Å². The molecule has 0 aromatic carbocycles. The molecule has 0 aliphatic heterocycles. The molecule has 0 radical (unpaired) electrons. The predicted octanol–water partition coefficient (Wildman–Crippen LogP) is 1.46. The Balaban J connectivity index is 3.32. The summed E-state index contributed by atoms with van der Waals surface area (Å²) in [6.45, 7) is 0. The Hall–Kier alpha value is -1.24. The summed E-state index contributed by atoms with van der Waals surface area (Å²) < 4.78 is 24.5. The van der Waals surface area contributed by atoms with Crippen molar-refractivity contribution in [2.45, 2.75) is 6.43 Å². The number of nitrogens with zero attached hydrogens (tertiary/aromatic N) is 1. The van der Waals surface area contributed by atoms with E-state index in [0.29, 0.717) is 0 Å². The number of carbonyl (C=O) groups excluding carboxylic acids is 1. The molecule has 0 saturated heterocycles. The predicted molar refractivity (Wildman–Crippen MR) is 49.8 cm³/mol. The highest BCUT2D eigenvalue weighted by Gasteiger charge is 2.18. The van der Waals surface area contributed by atoms with Crippen LogP contribution in [-0.4, -0.2) is 10.9 Å². The van der Waals surface area contributed by atoms with Crippen LogP contribution in [0, 0.1) is 0 Å². The fourth-order valence-corrected chi connectivity index (χ4v) is 1.48. The Labute approximate surface area is 86.4 Å². The van der Waals surface area contributed by atoms with Crippen molar-refractivity contribution in [3.8, 4) is 0 Å². The third-order valence-electron chi connectivity index (χ3n) is 1.51. The summed E-state index contributed by atoms with van der Waals surface area (Å²) in [4.78, 5) is 14.2. The highest BCUT2D eigenvalue weighted by atomic mass is 79.9. The number of alkyl halides is 2. The molecule has 7 heteroatoms. The number of amides is 1. The average Bonchev–Trinajstić information content (AvgIpc) is 2.01. The molecule has 0 bridgehead atoms. The van der Waals surface area contributed by atoms with E-state index < -0.39 is 17.9 Å². The van der Waals surface area contributed by atoms with E-state index in [2.05, 4.69) is 20.9 Å². The molecule has 4 nitrogen and oxygen atoms in total. The topological polar surface area (TPSA) is 82.0 Å². The number of pyridine rings is 1. The smallest absolute Gasteiger partial charge is 0.268 e. The maximum atomic E-state index is 12.4. The highest BCUT2D eigenvalue weighted by Crippen LogP contribution is 2.31. The van der Waals surface area contributed by atoms with E-state index in [-0.39, 0.29) is 16.0 Å². The molecule has 0 atom stereocenters. The summed E-state index contributed by atoms with van der Waals surface area (Å²) >= 11 is 2.79. The number of nitrogen functional groups attached to an aromatic ring is 1. The number of carbonyl (C=O) groups is 1. The standard InChI is InChI=1S/C7H6BrF2N3O/c8-5-4(6(9)10)2(11)1-3(13-5)7(12)14/h1,6H,(H2,11,13)(H2,12,14). The zero-order valence-corrected chi connectivity index (χ0v) is 8.38. The molecule has 76 valence electrons. The molecule has 0 saturated carbocycles. The SMILES string of the molecule is NC(=O)c1cc(N)c(C(F)F)c(Br)n1. The van der Waals surface area contributed by atoms with Gasteiger partial charge < -0.3 is 11.5 Å². The molecule has 1 aromatic rings. The number of aromatic nitrogens is 1. The fraction of sp³-hybridized carbons (Fsp3) is 0.143. The third-order valence-corrected chi connectivity index (χ3v) is 2.12. The zero-order valence-electron chi connectivity index (χ0n) is 6.80. The minimum atomic E-state index is -2.75. The molecule has 0 aliphatic rings. The maximum absolute atomic E-state index is 12.4. The average molecular weight is 266 g/mol. The van der Waals surface area contributed by atoms with Crippen molar-refractivity contribution in [3.63, 3.8) is 0 Å². The van der Waals surface area contributed by atoms with Crippen molar-refractivity contribution in [2.75, 3.05) is 5.73 Å². The van der Waals surface area contributed by atoms with Gasteiger partial charge in [-0.15, -0.1) is 0 Å². The summed E-state index contributed by atoms with van der Waals surface area (Å²) in [5.41, 5.74) is 9.41. The zero-order chi connectivity index (χ0) is 10.9. The fourth-order valence-electron chi connectivity index (χ4n) is 0.885. The lowest BCUT2D eigenvalue weighted by atomic mass is 10.2. The first-order valence-corrected chi connectivity index (χ1v) is 4.26. The molecular weight excluding hydrogens is 260 g/mol. The van der Waals surface area contributed by atoms with Crippen molar-refractivity contribution >= 4 is 27.5 Å². The van der Waals surface area contributed by atoms with E-state index in [1.54, 1.807) is 0 Å². The second-order valence-electron chi connectivity index (χ2n) is 2.47. The molecule has 0 aliphatic carbocycles. The van der Waals surface area contributed by atoms with Crippen LogP contribution in [0.5, 0.6) is 0 Å². The maximum Gasteiger partial charge on any atom is 0.268 e. The van der Waals surface area contributed by atoms with Crippen molar-refractivity contribution in [1.29, 1.82) is 0 Å². The van der Waals surface area contributed by atoms with Gasteiger partial charge in [-0.05, 0) is 22.0 Å². The quantitative estimate of drug-likeness (QED) is 0.795. The summed E-state index contributed by atoms with van der Waals surface area (Å²) in [6, 6.07) is 1.02. The molecular formula is C7H6BrF2N3O.